The summed E-state index contributed by atoms with van der Waals surface area (Å²) < 4.78 is 0. The van der Waals surface area contributed by atoms with Crippen LogP contribution in [-0.4, -0.2) is 15.1 Å². The molecule has 56 valence electrons. The molecule has 1 aromatic heterocycles. The quantitative estimate of drug-likeness (QED) is 0.475. The third kappa shape index (κ3) is 1.31. The molecule has 0 atom stereocenters. The van der Waals surface area contributed by atoms with Gasteiger partial charge in [-0.1, -0.05) is 12.5 Å². The Kier molecular flexibility index (Phi) is 2.54. The molecule has 0 saturated heterocycles. The molecule has 0 saturated carbocycles. The molecule has 1 heterocycles. The third-order valence-corrected chi connectivity index (χ3v) is 0.985. The Bertz CT molecular complexity index is 231. The first-order valence-corrected chi connectivity index (χ1v) is 2.36. The molecule has 1 rings (SSSR count). The van der Waals surface area contributed by atoms with Gasteiger partial charge < -0.3 is 10.1 Å². The van der Waals surface area contributed by atoms with Crippen LogP contribution in [0.4, 0.5) is 5.82 Å². The summed E-state index contributed by atoms with van der Waals surface area (Å²) >= 11 is 0. The van der Waals surface area contributed by atoms with Crippen LogP contribution in [0, 0.1) is 17.0 Å². The Morgan fingerprint density at radius 2 is 2.40 bits per heavy atom. The van der Waals surface area contributed by atoms with Gasteiger partial charge in [0.15, 0.2) is 0 Å². The molecule has 5 heteroatoms. The molecule has 1 aromatic rings. The van der Waals surface area contributed by atoms with Crippen molar-refractivity contribution in [2.75, 3.05) is 0 Å². The van der Waals surface area contributed by atoms with Crippen molar-refractivity contribution in [2.45, 2.75) is 14.4 Å². The van der Waals surface area contributed by atoms with Crippen molar-refractivity contribution >= 4 is 5.82 Å². The fraction of sp³-hybridized carbons (Fsp3) is 0.400. The molecule has 0 amide bonds. The Hall–Kier alpha value is -1.39. The predicted octanol–water partition coefficient (Wildman–Crippen LogP) is 1.26. The minimum Gasteiger partial charge on any atom is -0.358 e. The van der Waals surface area contributed by atoms with E-state index in [4.69, 9.17) is 0 Å². The zero-order chi connectivity index (χ0) is 6.85. The summed E-state index contributed by atoms with van der Waals surface area (Å²) in [6, 6.07) is 0. The van der Waals surface area contributed by atoms with Crippen molar-refractivity contribution in [1.29, 1.82) is 0 Å². The van der Waals surface area contributed by atoms with Crippen LogP contribution in [0.2, 0.25) is 0 Å². The van der Waals surface area contributed by atoms with Crippen molar-refractivity contribution in [2.24, 2.45) is 0 Å². The Balaban J connectivity index is 0.000000810. The first kappa shape index (κ1) is 8.61. The second-order valence-corrected chi connectivity index (χ2v) is 1.66. The molecule has 0 aliphatic rings. The van der Waals surface area contributed by atoms with Crippen molar-refractivity contribution in [3.63, 3.8) is 0 Å². The lowest BCUT2D eigenvalue weighted by Crippen LogP contribution is -1.89. The lowest BCUT2D eigenvalue weighted by molar-refractivity contribution is -0.390. The number of nitrogens with one attached hydrogen (secondary N) is 1. The van der Waals surface area contributed by atoms with Gasteiger partial charge in [-0.25, -0.2) is 0 Å². The average Bonchev–Trinajstić information content (AvgIpc) is 2.13. The predicted molar refractivity (Wildman–Crippen MR) is 36.7 cm³/mol. The van der Waals surface area contributed by atoms with Crippen molar-refractivity contribution in [1.82, 2.24) is 10.2 Å². The van der Waals surface area contributed by atoms with E-state index in [1.165, 1.54) is 6.20 Å². The molecular formula is C5H9N3O2. The largest absolute Gasteiger partial charge is 0.358 e. The van der Waals surface area contributed by atoms with Crippen LogP contribution in [0.1, 0.15) is 13.0 Å². The van der Waals surface area contributed by atoms with Gasteiger partial charge in [-0.05, 0) is 11.8 Å². The summed E-state index contributed by atoms with van der Waals surface area (Å²) in [7, 11) is 0. The summed E-state index contributed by atoms with van der Waals surface area (Å²) in [6.45, 7) is 1.63. The molecule has 0 aliphatic carbocycles. The lowest BCUT2D eigenvalue weighted by Gasteiger charge is -1.87. The SMILES string of the molecule is C.Cc1cn[nH]c1[N+](=O)[O-]. The summed E-state index contributed by atoms with van der Waals surface area (Å²) in [6.07, 6.45) is 1.41. The maximum atomic E-state index is 10.0. The van der Waals surface area contributed by atoms with E-state index in [1.54, 1.807) is 6.92 Å². The van der Waals surface area contributed by atoms with Crippen LogP contribution in [0.3, 0.4) is 0 Å². The molecule has 1 N–H and O–H groups in total. The van der Waals surface area contributed by atoms with Crippen LogP contribution in [-0.2, 0) is 0 Å². The fourth-order valence-corrected chi connectivity index (χ4v) is 0.524. The van der Waals surface area contributed by atoms with Crippen LogP contribution < -0.4 is 0 Å². The van der Waals surface area contributed by atoms with Crippen LogP contribution in [0.5, 0.6) is 0 Å². The first-order chi connectivity index (χ1) is 4.22. The monoisotopic (exact) mass is 143 g/mol. The maximum Gasteiger partial charge on any atom is 0.345 e. The zero-order valence-corrected chi connectivity index (χ0v) is 4.79. The van der Waals surface area contributed by atoms with E-state index in [1.807, 2.05) is 0 Å². The number of aromatic nitrogens is 2. The van der Waals surface area contributed by atoms with E-state index in [0.717, 1.165) is 0 Å². The molecule has 0 radical (unpaired) electrons. The van der Waals surface area contributed by atoms with Gasteiger partial charge in [0.05, 0.1) is 11.8 Å². The summed E-state index contributed by atoms with van der Waals surface area (Å²) in [4.78, 5) is 9.52. The average molecular weight is 143 g/mol. The normalized spacial score (nSPS) is 8.50. The lowest BCUT2D eigenvalue weighted by atomic mass is 10.4. The van der Waals surface area contributed by atoms with E-state index in [2.05, 4.69) is 10.2 Å². The van der Waals surface area contributed by atoms with Crippen molar-refractivity contribution in [3.05, 3.63) is 21.9 Å². The molecule has 10 heavy (non-hydrogen) atoms. The minimum atomic E-state index is -0.498. The molecule has 0 unspecified atom stereocenters. The first-order valence-electron chi connectivity index (χ1n) is 2.36. The molecule has 0 aromatic carbocycles. The molecule has 0 bridgehead atoms. The molecule has 5 nitrogen and oxygen atoms in total. The number of rotatable bonds is 1. The van der Waals surface area contributed by atoms with E-state index in [0.29, 0.717) is 5.56 Å². The third-order valence-electron chi connectivity index (χ3n) is 0.985. The number of nitrogens with zero attached hydrogens (tertiary/aromatic N) is 2. The van der Waals surface area contributed by atoms with E-state index >= 15 is 0 Å². The van der Waals surface area contributed by atoms with Crippen LogP contribution >= 0.6 is 0 Å². The van der Waals surface area contributed by atoms with Gasteiger partial charge in [-0.2, -0.15) is 0 Å². The topological polar surface area (TPSA) is 71.8 Å². The zero-order valence-electron chi connectivity index (χ0n) is 4.79. The maximum absolute atomic E-state index is 10.0. The highest BCUT2D eigenvalue weighted by molar-refractivity contribution is 5.26. The molecular weight excluding hydrogens is 134 g/mol. The van der Waals surface area contributed by atoms with E-state index in [9.17, 15) is 10.1 Å². The molecule has 0 aliphatic heterocycles. The fourth-order valence-electron chi connectivity index (χ4n) is 0.524. The van der Waals surface area contributed by atoms with E-state index in [-0.39, 0.29) is 13.2 Å². The highest BCUT2D eigenvalue weighted by atomic mass is 16.6. The van der Waals surface area contributed by atoms with Gasteiger partial charge in [-0.15, -0.1) is 5.10 Å². The highest BCUT2D eigenvalue weighted by Gasteiger charge is 2.08. The van der Waals surface area contributed by atoms with Gasteiger partial charge in [-0.3, -0.25) is 0 Å². The Morgan fingerprint density at radius 3 is 2.60 bits per heavy atom. The van der Waals surface area contributed by atoms with Gasteiger partial charge in [0, 0.05) is 0 Å². The molecule has 0 fully saturated rings. The smallest absolute Gasteiger partial charge is 0.345 e. The number of aromatic amines is 1. The van der Waals surface area contributed by atoms with Crippen LogP contribution in [0.25, 0.3) is 0 Å². The van der Waals surface area contributed by atoms with Crippen LogP contribution in [0.15, 0.2) is 6.20 Å². The van der Waals surface area contributed by atoms with Crippen molar-refractivity contribution < 1.29 is 4.92 Å². The number of nitro groups is 1. The number of aryl methyl sites for hydroxylation is 1. The second kappa shape index (κ2) is 2.95. The number of hydrogen-bond donors (Lipinski definition) is 1. The Labute approximate surface area is 58.2 Å². The Morgan fingerprint density at radius 1 is 1.80 bits per heavy atom. The van der Waals surface area contributed by atoms with Gasteiger partial charge in [0.1, 0.15) is 0 Å². The van der Waals surface area contributed by atoms with Gasteiger partial charge in [0.2, 0.25) is 0 Å². The summed E-state index contributed by atoms with van der Waals surface area (Å²) in [5.41, 5.74) is 0.556. The highest BCUT2D eigenvalue weighted by Crippen LogP contribution is 2.10. The summed E-state index contributed by atoms with van der Waals surface area (Å²) in [5, 5.41) is 15.7. The minimum absolute atomic E-state index is 0. The summed E-state index contributed by atoms with van der Waals surface area (Å²) in [5.74, 6) is -0.0324. The van der Waals surface area contributed by atoms with Gasteiger partial charge >= 0.3 is 5.82 Å². The number of hydrogen-bond acceptors (Lipinski definition) is 3. The van der Waals surface area contributed by atoms with Gasteiger partial charge in [0.25, 0.3) is 0 Å². The van der Waals surface area contributed by atoms with E-state index < -0.39 is 4.92 Å². The second-order valence-electron chi connectivity index (χ2n) is 1.66. The standard InChI is InChI=1S/C4H5N3O2.CH4/c1-3-2-5-6-4(3)7(8)9;/h2H,1H3,(H,5,6);1H4. The number of H-pyrrole nitrogens is 1. The molecule has 0 spiro atoms. The van der Waals surface area contributed by atoms with Crippen molar-refractivity contribution in [3.8, 4) is 0 Å².